The number of alkyl halides is 2. The van der Waals surface area contributed by atoms with Crippen molar-refractivity contribution in [1.82, 2.24) is 0 Å². The molecule has 1 aliphatic heterocycles. The second-order valence-corrected chi connectivity index (χ2v) is 3.03. The van der Waals surface area contributed by atoms with Gasteiger partial charge in [-0.1, -0.05) is 12.1 Å². The van der Waals surface area contributed by atoms with Crippen molar-refractivity contribution in [1.29, 1.82) is 0 Å². The van der Waals surface area contributed by atoms with E-state index < -0.39 is 11.8 Å². The Balaban J connectivity index is 2.70. The van der Waals surface area contributed by atoms with Gasteiger partial charge in [-0.05, 0) is 18.6 Å². The Kier molecular flexibility index (Phi) is 1.43. The maximum atomic E-state index is 13.2. The van der Waals surface area contributed by atoms with Gasteiger partial charge in [-0.15, -0.1) is 0 Å². The number of amides is 1. The first-order valence-corrected chi connectivity index (χ1v) is 3.83. The molecule has 2 nitrogen and oxygen atoms in total. The van der Waals surface area contributed by atoms with E-state index >= 15 is 0 Å². The highest BCUT2D eigenvalue weighted by molar-refractivity contribution is 6.04. The van der Waals surface area contributed by atoms with Gasteiger partial charge in [-0.3, -0.25) is 4.79 Å². The minimum Gasteiger partial charge on any atom is -0.320 e. The van der Waals surface area contributed by atoms with Gasteiger partial charge in [0.05, 0.1) is 11.3 Å². The quantitative estimate of drug-likeness (QED) is 0.655. The summed E-state index contributed by atoms with van der Waals surface area (Å²) in [5, 5.41) is 2.14. The number of carbonyl (C=O) groups is 1. The van der Waals surface area contributed by atoms with Gasteiger partial charge in [0.25, 0.3) is 5.91 Å². The lowest BCUT2D eigenvalue weighted by Crippen LogP contribution is -2.24. The molecule has 1 aromatic rings. The average Bonchev–Trinajstić information content (AvgIpc) is 2.24. The molecule has 0 radical (unpaired) electrons. The van der Waals surface area contributed by atoms with Gasteiger partial charge in [-0.2, -0.15) is 8.78 Å². The fourth-order valence-corrected chi connectivity index (χ4v) is 1.50. The van der Waals surface area contributed by atoms with Crippen LogP contribution in [0.3, 0.4) is 0 Å². The number of nitrogens with one attached hydrogen (secondary N) is 1. The minimum absolute atomic E-state index is 0.194. The standard InChI is InChI=1S/C9H7F2NO/c1-5-3-2-4-6-7(5)9(10,11)8(13)12-6/h2-4H,1H3,(H,12,13). The number of aryl methyl sites for hydroxylation is 1. The third-order valence-corrected chi connectivity index (χ3v) is 2.12. The Hall–Kier alpha value is -1.45. The summed E-state index contributed by atoms with van der Waals surface area (Å²) in [6.45, 7) is 1.56. The van der Waals surface area contributed by atoms with E-state index in [2.05, 4.69) is 5.32 Å². The van der Waals surface area contributed by atoms with Crippen LogP contribution in [0.25, 0.3) is 0 Å². The summed E-state index contributed by atoms with van der Waals surface area (Å²) in [5.74, 6) is -4.61. The molecular weight excluding hydrogens is 176 g/mol. The van der Waals surface area contributed by atoms with E-state index in [1.807, 2.05) is 0 Å². The Labute approximate surface area is 73.6 Å². The van der Waals surface area contributed by atoms with Crippen molar-refractivity contribution in [2.75, 3.05) is 5.32 Å². The van der Waals surface area contributed by atoms with Gasteiger partial charge in [0.2, 0.25) is 0 Å². The van der Waals surface area contributed by atoms with Crippen molar-refractivity contribution < 1.29 is 13.6 Å². The zero-order chi connectivity index (χ0) is 9.64. The fraction of sp³-hybridized carbons (Fsp3) is 0.222. The van der Waals surface area contributed by atoms with Crippen molar-refractivity contribution in [3.8, 4) is 0 Å². The van der Waals surface area contributed by atoms with E-state index in [1.54, 1.807) is 19.1 Å². The van der Waals surface area contributed by atoms with Crippen molar-refractivity contribution in [3.05, 3.63) is 29.3 Å². The van der Waals surface area contributed by atoms with Gasteiger partial charge in [0.15, 0.2) is 0 Å². The molecule has 0 saturated carbocycles. The molecule has 0 fully saturated rings. The molecule has 0 aromatic heterocycles. The molecule has 0 aliphatic carbocycles. The summed E-state index contributed by atoms with van der Waals surface area (Å²) in [4.78, 5) is 10.8. The second kappa shape index (κ2) is 2.28. The van der Waals surface area contributed by atoms with Gasteiger partial charge in [-0.25, -0.2) is 0 Å². The van der Waals surface area contributed by atoms with Crippen LogP contribution in [0, 0.1) is 6.92 Å². The monoisotopic (exact) mass is 183 g/mol. The molecule has 0 atom stereocenters. The molecule has 13 heavy (non-hydrogen) atoms. The molecule has 4 heteroatoms. The minimum atomic E-state index is -3.37. The predicted octanol–water partition coefficient (Wildman–Crippen LogP) is 2.04. The van der Waals surface area contributed by atoms with Gasteiger partial charge >= 0.3 is 5.92 Å². The molecule has 1 N–H and O–H groups in total. The maximum Gasteiger partial charge on any atom is 0.352 e. The molecule has 0 spiro atoms. The number of benzene rings is 1. The van der Waals surface area contributed by atoms with E-state index in [9.17, 15) is 13.6 Å². The topological polar surface area (TPSA) is 29.1 Å². The summed E-state index contributed by atoms with van der Waals surface area (Å²) < 4.78 is 26.4. The molecular formula is C9H7F2NO. The summed E-state index contributed by atoms with van der Waals surface area (Å²) in [7, 11) is 0. The van der Waals surface area contributed by atoms with Crippen molar-refractivity contribution >= 4 is 11.6 Å². The zero-order valence-corrected chi connectivity index (χ0v) is 6.90. The molecule has 1 aromatic carbocycles. The third-order valence-electron chi connectivity index (χ3n) is 2.12. The van der Waals surface area contributed by atoms with Gasteiger partial charge < -0.3 is 5.32 Å². The van der Waals surface area contributed by atoms with Crippen LogP contribution in [0.1, 0.15) is 11.1 Å². The highest BCUT2D eigenvalue weighted by Gasteiger charge is 2.49. The van der Waals surface area contributed by atoms with Crippen molar-refractivity contribution in [2.45, 2.75) is 12.8 Å². The van der Waals surface area contributed by atoms with Gasteiger partial charge in [0.1, 0.15) is 0 Å². The van der Waals surface area contributed by atoms with Crippen LogP contribution in [0.2, 0.25) is 0 Å². The number of carbonyl (C=O) groups excluding carboxylic acids is 1. The van der Waals surface area contributed by atoms with Crippen LogP contribution in [-0.4, -0.2) is 5.91 Å². The second-order valence-electron chi connectivity index (χ2n) is 3.03. The van der Waals surface area contributed by atoms with E-state index in [1.165, 1.54) is 6.07 Å². The lowest BCUT2D eigenvalue weighted by molar-refractivity contribution is -0.139. The Morgan fingerprint density at radius 3 is 2.69 bits per heavy atom. The highest BCUT2D eigenvalue weighted by atomic mass is 19.3. The van der Waals surface area contributed by atoms with Crippen LogP contribution in [-0.2, 0) is 10.7 Å². The molecule has 0 bridgehead atoms. The fourth-order valence-electron chi connectivity index (χ4n) is 1.50. The Bertz CT molecular complexity index is 387. The summed E-state index contributed by atoms with van der Waals surface area (Å²) in [6, 6.07) is 4.67. The Morgan fingerprint density at radius 2 is 2.08 bits per heavy atom. The van der Waals surface area contributed by atoms with Crippen LogP contribution < -0.4 is 5.32 Å². The summed E-state index contributed by atoms with van der Waals surface area (Å²) in [5.41, 5.74) is 0.454. The van der Waals surface area contributed by atoms with Crippen LogP contribution in [0.15, 0.2) is 18.2 Å². The third kappa shape index (κ3) is 0.946. The lowest BCUT2D eigenvalue weighted by atomic mass is 10.0. The van der Waals surface area contributed by atoms with E-state index in [-0.39, 0.29) is 11.3 Å². The number of fused-ring (bicyclic) bond motifs is 1. The largest absolute Gasteiger partial charge is 0.352 e. The zero-order valence-electron chi connectivity index (χ0n) is 6.90. The number of hydrogen-bond acceptors (Lipinski definition) is 1. The summed E-state index contributed by atoms with van der Waals surface area (Å²) >= 11 is 0. The molecule has 1 aliphatic rings. The number of anilines is 1. The maximum absolute atomic E-state index is 13.2. The van der Waals surface area contributed by atoms with Crippen LogP contribution >= 0.6 is 0 Å². The lowest BCUT2D eigenvalue weighted by Gasteiger charge is -2.08. The van der Waals surface area contributed by atoms with Gasteiger partial charge in [0, 0.05) is 0 Å². The molecule has 68 valence electrons. The summed E-state index contributed by atoms with van der Waals surface area (Å²) in [6.07, 6.45) is 0. The number of halogens is 2. The first kappa shape index (κ1) is 8.16. The number of rotatable bonds is 0. The van der Waals surface area contributed by atoms with E-state index in [4.69, 9.17) is 0 Å². The SMILES string of the molecule is Cc1cccc2c1C(F)(F)C(=O)N2. The molecule has 0 unspecified atom stereocenters. The predicted molar refractivity (Wildman–Crippen MR) is 43.7 cm³/mol. The normalized spacial score (nSPS) is 18.2. The van der Waals surface area contributed by atoms with Crippen molar-refractivity contribution in [2.24, 2.45) is 0 Å². The number of hydrogen-bond donors (Lipinski definition) is 1. The van der Waals surface area contributed by atoms with Crippen LogP contribution in [0.5, 0.6) is 0 Å². The molecule has 2 rings (SSSR count). The van der Waals surface area contributed by atoms with E-state index in [0.717, 1.165) is 0 Å². The Morgan fingerprint density at radius 1 is 1.38 bits per heavy atom. The van der Waals surface area contributed by atoms with Crippen LogP contribution in [0.4, 0.5) is 14.5 Å². The first-order chi connectivity index (χ1) is 6.03. The highest BCUT2D eigenvalue weighted by Crippen LogP contribution is 2.41. The first-order valence-electron chi connectivity index (χ1n) is 3.83. The van der Waals surface area contributed by atoms with E-state index in [0.29, 0.717) is 5.56 Å². The smallest absolute Gasteiger partial charge is 0.320 e. The average molecular weight is 183 g/mol. The van der Waals surface area contributed by atoms with Crippen molar-refractivity contribution in [3.63, 3.8) is 0 Å². The molecule has 0 saturated heterocycles. The molecule has 1 amide bonds. The molecule has 1 heterocycles.